The predicted octanol–water partition coefficient (Wildman–Crippen LogP) is 1.68. The molecule has 1 aromatic heterocycles. The summed E-state index contributed by atoms with van der Waals surface area (Å²) in [7, 11) is 1.56. The minimum absolute atomic E-state index is 0.213. The molecule has 1 heterocycles. The van der Waals surface area contributed by atoms with Crippen molar-refractivity contribution in [3.8, 4) is 0 Å². The van der Waals surface area contributed by atoms with Crippen LogP contribution in [0.4, 0.5) is 14.6 Å². The molecule has 0 fully saturated rings. The summed E-state index contributed by atoms with van der Waals surface area (Å²) >= 11 is 0. The van der Waals surface area contributed by atoms with E-state index in [4.69, 9.17) is 5.73 Å². The molecule has 1 aromatic rings. The van der Waals surface area contributed by atoms with E-state index in [1.54, 1.807) is 14.0 Å². The van der Waals surface area contributed by atoms with Gasteiger partial charge in [0.1, 0.15) is 11.5 Å². The first kappa shape index (κ1) is 9.95. The van der Waals surface area contributed by atoms with Crippen LogP contribution in [0.25, 0.3) is 0 Å². The molecule has 5 heteroatoms. The maximum Gasteiger partial charge on any atom is 0.289 e. The zero-order valence-corrected chi connectivity index (χ0v) is 7.93. The molecular formula is C8H13F2N3. The van der Waals surface area contributed by atoms with Crippen molar-refractivity contribution in [1.82, 2.24) is 9.78 Å². The van der Waals surface area contributed by atoms with Crippen LogP contribution in [0.15, 0.2) is 0 Å². The summed E-state index contributed by atoms with van der Waals surface area (Å²) in [6.07, 6.45) is 0.471. The van der Waals surface area contributed by atoms with Gasteiger partial charge >= 0.3 is 0 Å². The molecule has 0 saturated heterocycles. The Morgan fingerprint density at radius 1 is 1.54 bits per heavy atom. The smallest absolute Gasteiger partial charge is 0.289 e. The Kier molecular flexibility index (Phi) is 2.28. The summed E-state index contributed by atoms with van der Waals surface area (Å²) in [6, 6.07) is 0. The highest BCUT2D eigenvalue weighted by Crippen LogP contribution is 2.31. The normalized spacial score (nSPS) is 12.1. The van der Waals surface area contributed by atoms with Crippen LogP contribution >= 0.6 is 0 Å². The third-order valence-corrected chi connectivity index (χ3v) is 1.96. The van der Waals surface area contributed by atoms with E-state index in [0.29, 0.717) is 17.8 Å². The third kappa shape index (κ3) is 1.64. The first-order chi connectivity index (χ1) is 5.88. The number of hydrogen-bond donors (Lipinski definition) is 1. The van der Waals surface area contributed by atoms with Gasteiger partial charge in [-0.2, -0.15) is 13.9 Å². The lowest BCUT2D eigenvalue weighted by molar-refractivity contribution is 0.0114. The molecule has 0 bridgehead atoms. The fourth-order valence-corrected chi connectivity index (χ4v) is 1.28. The lowest BCUT2D eigenvalue weighted by atomic mass is 10.1. The van der Waals surface area contributed by atoms with Gasteiger partial charge in [0, 0.05) is 19.5 Å². The van der Waals surface area contributed by atoms with Crippen LogP contribution in [0.2, 0.25) is 0 Å². The van der Waals surface area contributed by atoms with Crippen molar-refractivity contribution in [1.29, 1.82) is 0 Å². The molecule has 3 nitrogen and oxygen atoms in total. The van der Waals surface area contributed by atoms with Gasteiger partial charge in [-0.1, -0.05) is 6.92 Å². The van der Waals surface area contributed by atoms with Crippen LogP contribution in [0, 0.1) is 0 Å². The Morgan fingerprint density at radius 2 is 2.08 bits per heavy atom. The van der Waals surface area contributed by atoms with Crippen LogP contribution in [0.3, 0.4) is 0 Å². The van der Waals surface area contributed by atoms with Gasteiger partial charge in [-0.15, -0.1) is 0 Å². The molecule has 0 atom stereocenters. The minimum atomic E-state index is -2.92. The Hall–Kier alpha value is -1.13. The number of nitrogens with zero attached hydrogens (tertiary/aromatic N) is 2. The third-order valence-electron chi connectivity index (χ3n) is 1.96. The average Bonchev–Trinajstić information content (AvgIpc) is 2.28. The molecular weight excluding hydrogens is 176 g/mol. The van der Waals surface area contributed by atoms with E-state index < -0.39 is 5.92 Å². The van der Waals surface area contributed by atoms with Gasteiger partial charge < -0.3 is 5.73 Å². The number of halogens is 2. The SMILES string of the molecule is CCc1c(C(C)(F)F)nn(C)c1N. The molecule has 0 aromatic carbocycles. The first-order valence-electron chi connectivity index (χ1n) is 4.07. The van der Waals surface area contributed by atoms with Gasteiger partial charge in [-0.3, -0.25) is 4.68 Å². The van der Waals surface area contributed by atoms with Crippen molar-refractivity contribution in [2.75, 3.05) is 5.73 Å². The van der Waals surface area contributed by atoms with Crippen LogP contribution in [-0.2, 0) is 19.4 Å². The molecule has 0 saturated carbocycles. The van der Waals surface area contributed by atoms with Crippen molar-refractivity contribution in [3.63, 3.8) is 0 Å². The summed E-state index contributed by atoms with van der Waals surface area (Å²) < 4.78 is 27.2. The van der Waals surface area contributed by atoms with Gasteiger partial charge in [-0.05, 0) is 6.42 Å². The molecule has 1 rings (SSSR count). The second-order valence-electron chi connectivity index (χ2n) is 3.08. The summed E-state index contributed by atoms with van der Waals surface area (Å²) in [5, 5.41) is 3.69. The molecule has 0 spiro atoms. The van der Waals surface area contributed by atoms with Gasteiger partial charge in [0.05, 0.1) is 0 Å². The number of nitrogens with two attached hydrogens (primary N) is 1. The van der Waals surface area contributed by atoms with Crippen molar-refractivity contribution in [3.05, 3.63) is 11.3 Å². The van der Waals surface area contributed by atoms with Crippen LogP contribution in [0.1, 0.15) is 25.1 Å². The number of alkyl halides is 2. The second-order valence-corrected chi connectivity index (χ2v) is 3.08. The number of aromatic nitrogens is 2. The van der Waals surface area contributed by atoms with Gasteiger partial charge in [0.15, 0.2) is 0 Å². The Balaban J connectivity index is 3.30. The lowest BCUT2D eigenvalue weighted by Crippen LogP contribution is -2.11. The van der Waals surface area contributed by atoms with Crippen LogP contribution in [0.5, 0.6) is 0 Å². The van der Waals surface area contributed by atoms with Crippen molar-refractivity contribution < 1.29 is 8.78 Å². The van der Waals surface area contributed by atoms with E-state index >= 15 is 0 Å². The maximum atomic E-state index is 13.0. The van der Waals surface area contributed by atoms with Crippen LogP contribution < -0.4 is 5.73 Å². The Labute approximate surface area is 75.5 Å². The van der Waals surface area contributed by atoms with Gasteiger partial charge in [0.25, 0.3) is 5.92 Å². The molecule has 0 unspecified atom stereocenters. The van der Waals surface area contributed by atoms with Crippen molar-refractivity contribution in [2.45, 2.75) is 26.2 Å². The number of anilines is 1. The monoisotopic (exact) mass is 189 g/mol. The first-order valence-corrected chi connectivity index (χ1v) is 4.07. The molecule has 74 valence electrons. The molecule has 0 amide bonds. The molecule has 0 aliphatic carbocycles. The van der Waals surface area contributed by atoms with Gasteiger partial charge in [0.2, 0.25) is 0 Å². The molecule has 0 aliphatic rings. The quantitative estimate of drug-likeness (QED) is 0.769. The van der Waals surface area contributed by atoms with E-state index in [1.165, 1.54) is 4.68 Å². The topological polar surface area (TPSA) is 43.8 Å². The molecule has 2 N–H and O–H groups in total. The second kappa shape index (κ2) is 2.97. The van der Waals surface area contributed by atoms with E-state index in [-0.39, 0.29) is 5.69 Å². The molecule has 0 radical (unpaired) electrons. The standard InChI is InChI=1S/C8H13F2N3/c1-4-5-6(8(2,9)10)12-13(3)7(5)11/h4,11H2,1-3H3. The minimum Gasteiger partial charge on any atom is -0.384 e. The molecule has 13 heavy (non-hydrogen) atoms. The number of rotatable bonds is 2. The highest BCUT2D eigenvalue weighted by atomic mass is 19.3. The van der Waals surface area contributed by atoms with E-state index in [0.717, 1.165) is 6.92 Å². The highest BCUT2D eigenvalue weighted by Gasteiger charge is 2.32. The Morgan fingerprint density at radius 3 is 2.38 bits per heavy atom. The number of aryl methyl sites for hydroxylation is 1. The lowest BCUT2D eigenvalue weighted by Gasteiger charge is -2.07. The van der Waals surface area contributed by atoms with Crippen molar-refractivity contribution in [2.24, 2.45) is 7.05 Å². The summed E-state index contributed by atoms with van der Waals surface area (Å²) in [4.78, 5) is 0. The maximum absolute atomic E-state index is 13.0. The predicted molar refractivity (Wildman–Crippen MR) is 46.6 cm³/mol. The Bertz CT molecular complexity index is 312. The van der Waals surface area contributed by atoms with E-state index in [9.17, 15) is 8.78 Å². The average molecular weight is 189 g/mol. The fraction of sp³-hybridized carbons (Fsp3) is 0.625. The van der Waals surface area contributed by atoms with Crippen molar-refractivity contribution >= 4 is 5.82 Å². The number of nitrogen functional groups attached to an aromatic ring is 1. The fourth-order valence-electron chi connectivity index (χ4n) is 1.28. The zero-order chi connectivity index (χ0) is 10.2. The number of hydrogen-bond acceptors (Lipinski definition) is 2. The van der Waals surface area contributed by atoms with E-state index in [2.05, 4.69) is 5.10 Å². The van der Waals surface area contributed by atoms with Gasteiger partial charge in [-0.25, -0.2) is 0 Å². The largest absolute Gasteiger partial charge is 0.384 e. The molecule has 0 aliphatic heterocycles. The summed E-state index contributed by atoms with van der Waals surface area (Å²) in [5.41, 5.74) is 5.80. The highest BCUT2D eigenvalue weighted by molar-refractivity contribution is 5.44. The zero-order valence-electron chi connectivity index (χ0n) is 7.93. The summed E-state index contributed by atoms with van der Waals surface area (Å²) in [6.45, 7) is 2.61. The van der Waals surface area contributed by atoms with Crippen LogP contribution in [-0.4, -0.2) is 9.78 Å². The summed E-state index contributed by atoms with van der Waals surface area (Å²) in [5.74, 6) is -2.60. The van der Waals surface area contributed by atoms with E-state index in [1.807, 2.05) is 0 Å².